The van der Waals surface area contributed by atoms with Gasteiger partial charge in [-0.3, -0.25) is 0 Å². The van der Waals surface area contributed by atoms with E-state index in [-0.39, 0.29) is 5.82 Å². The Labute approximate surface area is 167 Å². The first-order valence-corrected chi connectivity index (χ1v) is 9.61. The number of nitrogens with zero attached hydrogens (tertiary/aromatic N) is 5. The molecular formula is C21H20FN5O2. The van der Waals surface area contributed by atoms with Crippen LogP contribution in [0.5, 0.6) is 11.6 Å². The number of ether oxygens (including phenoxy) is 2. The summed E-state index contributed by atoms with van der Waals surface area (Å²) in [5.41, 5.74) is 2.67. The summed E-state index contributed by atoms with van der Waals surface area (Å²) < 4.78 is 24.5. The van der Waals surface area contributed by atoms with E-state index >= 15 is 0 Å². The van der Waals surface area contributed by atoms with Crippen molar-refractivity contribution in [2.45, 2.75) is 25.3 Å². The zero-order valence-corrected chi connectivity index (χ0v) is 16.0. The standard InChI is InChI=1S/C21H20FN5O2/c1-28-21-17(18(14-4-5-14)24-12-25-21)19-23-10-16-20(26-19)27(8-9-29-16)11-13-2-6-15(22)7-3-13/h2-3,6-7,10,12,14H,4-5,8-9,11H2,1H3. The van der Waals surface area contributed by atoms with E-state index in [1.54, 1.807) is 25.4 Å². The molecule has 1 aliphatic carbocycles. The van der Waals surface area contributed by atoms with Crippen molar-refractivity contribution >= 4 is 5.82 Å². The molecule has 2 aromatic heterocycles. The Morgan fingerprint density at radius 1 is 1.17 bits per heavy atom. The Kier molecular flexibility index (Phi) is 4.46. The highest BCUT2D eigenvalue weighted by atomic mass is 19.1. The van der Waals surface area contributed by atoms with Crippen LogP contribution in [0.1, 0.15) is 30.0 Å². The Morgan fingerprint density at radius 2 is 2.00 bits per heavy atom. The lowest BCUT2D eigenvalue weighted by molar-refractivity contribution is 0.303. The molecule has 0 unspecified atom stereocenters. The maximum absolute atomic E-state index is 13.2. The molecule has 0 atom stereocenters. The summed E-state index contributed by atoms with van der Waals surface area (Å²) in [6.07, 6.45) is 5.41. The Hall–Kier alpha value is -3.29. The van der Waals surface area contributed by atoms with Gasteiger partial charge < -0.3 is 14.4 Å². The third kappa shape index (κ3) is 3.46. The topological polar surface area (TPSA) is 73.3 Å². The summed E-state index contributed by atoms with van der Waals surface area (Å²) in [6, 6.07) is 6.50. The smallest absolute Gasteiger partial charge is 0.227 e. The summed E-state index contributed by atoms with van der Waals surface area (Å²) in [5.74, 6) is 2.49. The van der Waals surface area contributed by atoms with Crippen molar-refractivity contribution in [1.82, 2.24) is 19.9 Å². The Morgan fingerprint density at radius 3 is 2.76 bits per heavy atom. The average molecular weight is 393 g/mol. The molecule has 0 saturated heterocycles. The molecule has 3 heterocycles. The molecule has 5 rings (SSSR count). The molecule has 1 fully saturated rings. The molecule has 3 aromatic rings. The van der Waals surface area contributed by atoms with Crippen molar-refractivity contribution in [1.29, 1.82) is 0 Å². The van der Waals surface area contributed by atoms with Gasteiger partial charge in [0.2, 0.25) is 5.88 Å². The minimum Gasteiger partial charge on any atom is -0.486 e. The number of hydrogen-bond acceptors (Lipinski definition) is 7. The fourth-order valence-corrected chi connectivity index (χ4v) is 3.56. The maximum Gasteiger partial charge on any atom is 0.227 e. The third-order valence-corrected chi connectivity index (χ3v) is 5.16. The van der Waals surface area contributed by atoms with Crippen LogP contribution < -0.4 is 14.4 Å². The second kappa shape index (κ2) is 7.27. The van der Waals surface area contributed by atoms with Gasteiger partial charge in [-0.1, -0.05) is 12.1 Å². The predicted molar refractivity (Wildman–Crippen MR) is 105 cm³/mol. The van der Waals surface area contributed by atoms with Crippen LogP contribution in [0.25, 0.3) is 11.4 Å². The van der Waals surface area contributed by atoms with E-state index in [0.29, 0.717) is 48.9 Å². The highest BCUT2D eigenvalue weighted by molar-refractivity contribution is 5.68. The molecule has 29 heavy (non-hydrogen) atoms. The molecular weight excluding hydrogens is 373 g/mol. The van der Waals surface area contributed by atoms with Gasteiger partial charge in [0.15, 0.2) is 17.4 Å². The van der Waals surface area contributed by atoms with E-state index in [4.69, 9.17) is 14.5 Å². The van der Waals surface area contributed by atoms with Gasteiger partial charge in [0, 0.05) is 12.5 Å². The van der Waals surface area contributed by atoms with Crippen LogP contribution in [0, 0.1) is 5.82 Å². The minimum absolute atomic E-state index is 0.246. The summed E-state index contributed by atoms with van der Waals surface area (Å²) in [6.45, 7) is 1.83. The van der Waals surface area contributed by atoms with Gasteiger partial charge in [-0.2, -0.15) is 0 Å². The number of benzene rings is 1. The van der Waals surface area contributed by atoms with Crippen molar-refractivity contribution in [3.63, 3.8) is 0 Å². The molecule has 0 spiro atoms. The summed E-state index contributed by atoms with van der Waals surface area (Å²) >= 11 is 0. The van der Waals surface area contributed by atoms with E-state index in [9.17, 15) is 4.39 Å². The van der Waals surface area contributed by atoms with Crippen molar-refractivity contribution < 1.29 is 13.9 Å². The number of halogens is 1. The second-order valence-electron chi connectivity index (χ2n) is 7.20. The molecule has 0 bridgehead atoms. The maximum atomic E-state index is 13.2. The van der Waals surface area contributed by atoms with Crippen LogP contribution in [0.15, 0.2) is 36.8 Å². The molecule has 7 nitrogen and oxygen atoms in total. The number of fused-ring (bicyclic) bond motifs is 1. The number of anilines is 1. The Balaban J connectivity index is 1.54. The first-order valence-electron chi connectivity index (χ1n) is 9.61. The predicted octanol–water partition coefficient (Wildman–Crippen LogP) is 3.36. The lowest BCUT2D eigenvalue weighted by Gasteiger charge is -2.30. The molecule has 0 N–H and O–H groups in total. The van der Waals surface area contributed by atoms with Crippen molar-refractivity contribution in [2.75, 3.05) is 25.2 Å². The van der Waals surface area contributed by atoms with Crippen LogP contribution in [0.3, 0.4) is 0 Å². The average Bonchev–Trinajstić information content (AvgIpc) is 3.60. The van der Waals surface area contributed by atoms with Crippen LogP contribution >= 0.6 is 0 Å². The van der Waals surface area contributed by atoms with E-state index in [1.807, 2.05) is 0 Å². The number of methoxy groups -OCH3 is 1. The van der Waals surface area contributed by atoms with Gasteiger partial charge in [0.25, 0.3) is 0 Å². The van der Waals surface area contributed by atoms with Crippen LogP contribution in [-0.2, 0) is 6.54 Å². The largest absolute Gasteiger partial charge is 0.486 e. The molecule has 0 amide bonds. The number of rotatable bonds is 5. The highest BCUT2D eigenvalue weighted by Gasteiger charge is 2.32. The quantitative estimate of drug-likeness (QED) is 0.658. The normalized spacial score (nSPS) is 15.6. The molecule has 1 aliphatic heterocycles. The van der Waals surface area contributed by atoms with E-state index < -0.39 is 0 Å². The van der Waals surface area contributed by atoms with Crippen molar-refractivity contribution in [3.8, 4) is 23.0 Å². The lowest BCUT2D eigenvalue weighted by atomic mass is 10.1. The van der Waals surface area contributed by atoms with Gasteiger partial charge in [-0.05, 0) is 30.5 Å². The van der Waals surface area contributed by atoms with Crippen molar-refractivity contribution in [3.05, 3.63) is 53.9 Å². The minimum atomic E-state index is -0.246. The summed E-state index contributed by atoms with van der Waals surface area (Å²) in [7, 11) is 1.59. The van der Waals surface area contributed by atoms with Gasteiger partial charge >= 0.3 is 0 Å². The van der Waals surface area contributed by atoms with Crippen LogP contribution in [-0.4, -0.2) is 40.2 Å². The molecule has 148 valence electrons. The third-order valence-electron chi connectivity index (χ3n) is 5.16. The van der Waals surface area contributed by atoms with E-state index in [1.165, 1.54) is 18.5 Å². The van der Waals surface area contributed by atoms with Crippen LogP contribution in [0.2, 0.25) is 0 Å². The fraction of sp³-hybridized carbons (Fsp3) is 0.333. The first-order chi connectivity index (χ1) is 14.2. The van der Waals surface area contributed by atoms with Gasteiger partial charge in [-0.15, -0.1) is 0 Å². The SMILES string of the molecule is COc1ncnc(C2CC2)c1-c1ncc2c(n1)N(Cc1ccc(F)cc1)CCO2. The summed E-state index contributed by atoms with van der Waals surface area (Å²) in [4.78, 5) is 20.2. The zero-order valence-electron chi connectivity index (χ0n) is 16.0. The molecule has 1 aromatic carbocycles. The molecule has 1 saturated carbocycles. The van der Waals surface area contributed by atoms with E-state index in [2.05, 4.69) is 19.9 Å². The van der Waals surface area contributed by atoms with Gasteiger partial charge in [0.1, 0.15) is 24.3 Å². The Bertz CT molecular complexity index is 1040. The zero-order chi connectivity index (χ0) is 19.8. The molecule has 2 aliphatic rings. The lowest BCUT2D eigenvalue weighted by Crippen LogP contribution is -2.33. The number of hydrogen-bond donors (Lipinski definition) is 0. The highest BCUT2D eigenvalue weighted by Crippen LogP contribution is 2.45. The molecule has 8 heteroatoms. The van der Waals surface area contributed by atoms with Crippen molar-refractivity contribution in [2.24, 2.45) is 0 Å². The summed E-state index contributed by atoms with van der Waals surface area (Å²) in [5, 5.41) is 0. The molecule has 0 radical (unpaired) electrons. The first kappa shape index (κ1) is 17.8. The fourth-order valence-electron chi connectivity index (χ4n) is 3.56. The number of aromatic nitrogens is 4. The van der Waals surface area contributed by atoms with Crippen LogP contribution in [0.4, 0.5) is 10.2 Å². The van der Waals surface area contributed by atoms with E-state index in [0.717, 1.165) is 29.7 Å². The monoisotopic (exact) mass is 393 g/mol. The van der Waals surface area contributed by atoms with Gasteiger partial charge in [0.05, 0.1) is 25.5 Å². The second-order valence-corrected chi connectivity index (χ2v) is 7.20. The van der Waals surface area contributed by atoms with Gasteiger partial charge in [-0.25, -0.2) is 24.3 Å².